The molecular weight excluding hydrogens is 272 g/mol. The normalized spacial score (nSPS) is 13.8. The monoisotopic (exact) mass is 290 g/mol. The van der Waals surface area contributed by atoms with Gasteiger partial charge < -0.3 is 9.88 Å². The summed E-state index contributed by atoms with van der Waals surface area (Å²) in [6, 6.07) is 2.31. The third-order valence-corrected chi connectivity index (χ3v) is 4.44. The Bertz CT molecular complexity index is 702. The summed E-state index contributed by atoms with van der Waals surface area (Å²) in [6.07, 6.45) is 3.17. The fourth-order valence-electron chi connectivity index (χ4n) is 2.62. The quantitative estimate of drug-likeness (QED) is 0.941. The van der Waals surface area contributed by atoms with Gasteiger partial charge in [0, 0.05) is 18.8 Å². The van der Waals surface area contributed by atoms with Crippen molar-refractivity contribution in [2.24, 2.45) is 7.05 Å². The zero-order valence-electron chi connectivity index (χ0n) is 11.9. The molecule has 0 aliphatic heterocycles. The van der Waals surface area contributed by atoms with E-state index >= 15 is 0 Å². The fraction of sp³-hybridized carbons (Fsp3) is 0.500. The van der Waals surface area contributed by atoms with Crippen molar-refractivity contribution in [3.63, 3.8) is 0 Å². The highest BCUT2D eigenvalue weighted by molar-refractivity contribution is 7.18. The standard InChI is InChI=1S/C14H18N4OS/c1-8(2)15-14-17-16-12(20-14)10-7-9-5-4-6-11(9)18(3)13(10)19/h7-8H,4-6H2,1-3H3,(H,15,17). The Morgan fingerprint density at radius 1 is 1.35 bits per heavy atom. The summed E-state index contributed by atoms with van der Waals surface area (Å²) in [7, 11) is 1.85. The smallest absolute Gasteiger partial charge is 0.260 e. The summed E-state index contributed by atoms with van der Waals surface area (Å²) in [5.41, 5.74) is 3.14. The highest BCUT2D eigenvalue weighted by Crippen LogP contribution is 2.28. The van der Waals surface area contributed by atoms with Crippen molar-refractivity contribution in [1.82, 2.24) is 14.8 Å². The molecular formula is C14H18N4OS. The van der Waals surface area contributed by atoms with E-state index in [1.807, 2.05) is 13.1 Å². The summed E-state index contributed by atoms with van der Waals surface area (Å²) < 4.78 is 1.77. The molecule has 6 heteroatoms. The predicted molar refractivity (Wildman–Crippen MR) is 81.4 cm³/mol. The van der Waals surface area contributed by atoms with Crippen LogP contribution in [0.3, 0.4) is 0 Å². The second-order valence-corrected chi connectivity index (χ2v) is 6.44. The number of nitrogens with one attached hydrogen (secondary N) is 1. The van der Waals surface area contributed by atoms with Crippen LogP contribution in [0.2, 0.25) is 0 Å². The van der Waals surface area contributed by atoms with E-state index in [-0.39, 0.29) is 5.56 Å². The topological polar surface area (TPSA) is 59.8 Å². The van der Waals surface area contributed by atoms with Gasteiger partial charge in [-0.2, -0.15) is 0 Å². The molecule has 0 spiro atoms. The number of fused-ring (bicyclic) bond motifs is 1. The number of anilines is 1. The fourth-order valence-corrected chi connectivity index (χ4v) is 3.52. The molecule has 1 aliphatic rings. The van der Waals surface area contributed by atoms with Gasteiger partial charge in [-0.15, -0.1) is 10.2 Å². The number of rotatable bonds is 3. The third kappa shape index (κ3) is 2.24. The van der Waals surface area contributed by atoms with E-state index in [0.717, 1.165) is 24.4 Å². The summed E-state index contributed by atoms with van der Waals surface area (Å²) in [5.74, 6) is 0. The molecule has 0 radical (unpaired) electrons. The molecule has 0 amide bonds. The first-order chi connectivity index (χ1) is 9.56. The molecule has 0 atom stereocenters. The maximum atomic E-state index is 12.4. The van der Waals surface area contributed by atoms with Gasteiger partial charge in [-0.1, -0.05) is 11.3 Å². The van der Waals surface area contributed by atoms with Crippen LogP contribution in [0.1, 0.15) is 31.5 Å². The van der Waals surface area contributed by atoms with Crippen LogP contribution in [0.25, 0.3) is 10.6 Å². The van der Waals surface area contributed by atoms with E-state index in [2.05, 4.69) is 29.4 Å². The highest BCUT2D eigenvalue weighted by Gasteiger charge is 2.20. The van der Waals surface area contributed by atoms with E-state index in [0.29, 0.717) is 16.6 Å². The molecule has 5 nitrogen and oxygen atoms in total. The molecule has 1 aliphatic carbocycles. The molecule has 3 rings (SSSR count). The molecule has 0 saturated carbocycles. The van der Waals surface area contributed by atoms with Gasteiger partial charge >= 0.3 is 0 Å². The number of hydrogen-bond donors (Lipinski definition) is 1. The van der Waals surface area contributed by atoms with Gasteiger partial charge in [-0.05, 0) is 44.7 Å². The first kappa shape index (κ1) is 13.3. The first-order valence-electron chi connectivity index (χ1n) is 6.88. The zero-order valence-corrected chi connectivity index (χ0v) is 12.8. The van der Waals surface area contributed by atoms with Gasteiger partial charge in [0.15, 0.2) is 5.01 Å². The molecule has 1 N–H and O–H groups in total. The maximum absolute atomic E-state index is 12.4. The number of aromatic nitrogens is 3. The molecule has 0 bridgehead atoms. The number of nitrogens with zero attached hydrogens (tertiary/aromatic N) is 3. The second-order valence-electron chi connectivity index (χ2n) is 5.46. The Labute approximate surface area is 121 Å². The Balaban J connectivity index is 2.04. The van der Waals surface area contributed by atoms with Gasteiger partial charge in [0.25, 0.3) is 5.56 Å². The summed E-state index contributed by atoms with van der Waals surface area (Å²) >= 11 is 1.44. The van der Waals surface area contributed by atoms with Crippen LogP contribution in [-0.2, 0) is 19.9 Å². The lowest BCUT2D eigenvalue weighted by atomic mass is 10.1. The minimum Gasteiger partial charge on any atom is -0.358 e. The van der Waals surface area contributed by atoms with Crippen molar-refractivity contribution in [1.29, 1.82) is 0 Å². The van der Waals surface area contributed by atoms with Crippen LogP contribution >= 0.6 is 11.3 Å². The van der Waals surface area contributed by atoms with E-state index < -0.39 is 0 Å². The van der Waals surface area contributed by atoms with E-state index in [1.54, 1.807) is 4.57 Å². The minimum absolute atomic E-state index is 0.0258. The number of aryl methyl sites for hydroxylation is 1. The van der Waals surface area contributed by atoms with Crippen molar-refractivity contribution in [2.45, 2.75) is 39.2 Å². The average Bonchev–Trinajstić information content (AvgIpc) is 3.01. The zero-order chi connectivity index (χ0) is 14.3. The first-order valence-corrected chi connectivity index (χ1v) is 7.70. The van der Waals surface area contributed by atoms with Crippen LogP contribution in [0, 0.1) is 0 Å². The third-order valence-electron chi connectivity index (χ3n) is 3.56. The summed E-state index contributed by atoms with van der Waals surface area (Å²) in [4.78, 5) is 12.4. The van der Waals surface area contributed by atoms with Crippen LogP contribution in [-0.4, -0.2) is 20.8 Å². The molecule has 20 heavy (non-hydrogen) atoms. The molecule has 0 saturated heterocycles. The lowest BCUT2D eigenvalue weighted by molar-refractivity contribution is 0.780. The van der Waals surface area contributed by atoms with Crippen LogP contribution in [0.15, 0.2) is 10.9 Å². The van der Waals surface area contributed by atoms with Crippen molar-refractivity contribution in [3.8, 4) is 10.6 Å². The molecule has 106 valence electrons. The van der Waals surface area contributed by atoms with Gasteiger partial charge in [0.1, 0.15) is 0 Å². The minimum atomic E-state index is 0.0258. The second kappa shape index (κ2) is 5.01. The van der Waals surface area contributed by atoms with Gasteiger partial charge in [0.2, 0.25) is 5.13 Å². The van der Waals surface area contributed by atoms with Gasteiger partial charge in [-0.3, -0.25) is 4.79 Å². The summed E-state index contributed by atoms with van der Waals surface area (Å²) in [5, 5.41) is 12.9. The Kier molecular flexibility index (Phi) is 3.33. The maximum Gasteiger partial charge on any atom is 0.260 e. The lowest BCUT2D eigenvalue weighted by Gasteiger charge is -2.08. The average molecular weight is 290 g/mol. The molecule has 2 aromatic rings. The van der Waals surface area contributed by atoms with Crippen molar-refractivity contribution in [2.75, 3.05) is 5.32 Å². The van der Waals surface area contributed by atoms with E-state index in [9.17, 15) is 4.79 Å². The summed E-state index contributed by atoms with van der Waals surface area (Å²) in [6.45, 7) is 4.10. The number of pyridine rings is 1. The van der Waals surface area contributed by atoms with Crippen LogP contribution in [0.5, 0.6) is 0 Å². The van der Waals surface area contributed by atoms with Gasteiger partial charge in [0.05, 0.1) is 5.56 Å². The Morgan fingerprint density at radius 2 is 2.15 bits per heavy atom. The molecule has 2 heterocycles. The van der Waals surface area contributed by atoms with Crippen molar-refractivity contribution >= 4 is 16.5 Å². The molecule has 0 unspecified atom stereocenters. The Hall–Kier alpha value is -1.69. The number of hydrogen-bond acceptors (Lipinski definition) is 5. The largest absolute Gasteiger partial charge is 0.358 e. The van der Waals surface area contributed by atoms with Crippen LogP contribution < -0.4 is 10.9 Å². The Morgan fingerprint density at radius 3 is 2.90 bits per heavy atom. The highest BCUT2D eigenvalue weighted by atomic mass is 32.1. The lowest BCUT2D eigenvalue weighted by Crippen LogP contribution is -2.22. The van der Waals surface area contributed by atoms with Gasteiger partial charge in [-0.25, -0.2) is 0 Å². The van der Waals surface area contributed by atoms with Crippen molar-refractivity contribution < 1.29 is 0 Å². The molecule has 0 fully saturated rings. The van der Waals surface area contributed by atoms with Crippen LogP contribution in [0.4, 0.5) is 5.13 Å². The molecule has 0 aromatic carbocycles. The van der Waals surface area contributed by atoms with E-state index in [4.69, 9.17) is 0 Å². The predicted octanol–water partition coefficient (Wildman–Crippen LogP) is 2.21. The van der Waals surface area contributed by atoms with E-state index in [1.165, 1.54) is 22.6 Å². The molecule has 2 aromatic heterocycles. The van der Waals surface area contributed by atoms with Crippen molar-refractivity contribution in [3.05, 3.63) is 27.7 Å². The SMILES string of the molecule is CC(C)Nc1nnc(-c2cc3c(n(C)c2=O)CCC3)s1.